The molecule has 2 N–H and O–H groups in total. The van der Waals surface area contributed by atoms with Gasteiger partial charge in [-0.05, 0) is 70.7 Å². The molecule has 0 aliphatic rings. The normalized spacial score (nSPS) is 10.1. The molecular weight excluding hydrogens is 499 g/mol. The maximum Gasteiger partial charge on any atom is 0.257 e. The zero-order valence-electron chi connectivity index (χ0n) is 15.6. The monoisotopic (exact) mass is 518 g/mol. The quantitative estimate of drug-likeness (QED) is 0.355. The molecule has 0 unspecified atom stereocenters. The van der Waals surface area contributed by atoms with Crippen LogP contribution in [0.3, 0.4) is 0 Å². The van der Waals surface area contributed by atoms with Crippen LogP contribution in [0.1, 0.15) is 15.9 Å². The molecule has 0 aliphatic carbocycles. The lowest BCUT2D eigenvalue weighted by Gasteiger charge is -2.14. The first-order chi connectivity index (χ1) is 14.1. The maximum atomic E-state index is 12.5. The van der Waals surface area contributed by atoms with Crippen molar-refractivity contribution in [3.8, 4) is 11.5 Å². The molecule has 3 aromatic carbocycles. The zero-order chi connectivity index (χ0) is 20.6. The van der Waals surface area contributed by atoms with Crippen LogP contribution in [0.4, 0.5) is 5.69 Å². The molecule has 0 bridgehead atoms. The molecule has 0 saturated carbocycles. The lowest BCUT2D eigenvalue weighted by atomic mass is 10.2. The molecule has 3 aromatic rings. The first kappa shape index (κ1) is 21.1. The Bertz CT molecular complexity index is 1010. The lowest BCUT2D eigenvalue weighted by Crippen LogP contribution is -2.34. The van der Waals surface area contributed by atoms with E-state index in [1.165, 1.54) is 0 Å². The van der Waals surface area contributed by atoms with Crippen LogP contribution in [-0.2, 0) is 6.61 Å². The summed E-state index contributed by atoms with van der Waals surface area (Å²) >= 11 is 7.43. The Morgan fingerprint density at radius 2 is 1.72 bits per heavy atom. The second-order valence-corrected chi connectivity index (χ2v) is 7.60. The van der Waals surface area contributed by atoms with Gasteiger partial charge >= 0.3 is 0 Å². The molecule has 5 nitrogen and oxygen atoms in total. The van der Waals surface area contributed by atoms with Gasteiger partial charge in [-0.3, -0.25) is 10.1 Å². The van der Waals surface area contributed by atoms with Crippen molar-refractivity contribution >= 4 is 51.5 Å². The van der Waals surface area contributed by atoms with Crippen LogP contribution in [0.25, 0.3) is 0 Å². The Morgan fingerprint density at radius 3 is 2.45 bits per heavy atom. The Kier molecular flexibility index (Phi) is 7.42. The van der Waals surface area contributed by atoms with Crippen LogP contribution in [0, 0.1) is 3.57 Å². The van der Waals surface area contributed by atoms with Crippen molar-refractivity contribution < 1.29 is 14.3 Å². The standard InChI is InChI=1S/C22H19IN2O3S/c1-27-19-12-11-16(13-17(19)23)21(26)25-22(29)24-18-9-5-6-10-20(18)28-14-15-7-3-2-4-8-15/h2-13H,14H2,1H3,(H2,24,25,26,29). The average Bonchev–Trinajstić information content (AvgIpc) is 2.73. The Labute approximate surface area is 188 Å². The van der Waals surface area contributed by atoms with Crippen molar-refractivity contribution in [2.45, 2.75) is 6.61 Å². The number of hydrogen-bond acceptors (Lipinski definition) is 4. The van der Waals surface area contributed by atoms with Gasteiger partial charge in [0.25, 0.3) is 5.91 Å². The van der Waals surface area contributed by atoms with Gasteiger partial charge in [0.15, 0.2) is 5.11 Å². The molecule has 0 radical (unpaired) electrons. The van der Waals surface area contributed by atoms with Gasteiger partial charge in [0, 0.05) is 5.56 Å². The van der Waals surface area contributed by atoms with Gasteiger partial charge in [-0.2, -0.15) is 0 Å². The van der Waals surface area contributed by atoms with Gasteiger partial charge in [-0.25, -0.2) is 0 Å². The summed E-state index contributed by atoms with van der Waals surface area (Å²) in [5, 5.41) is 5.92. The minimum Gasteiger partial charge on any atom is -0.496 e. The van der Waals surface area contributed by atoms with E-state index in [9.17, 15) is 4.79 Å². The van der Waals surface area contributed by atoms with Gasteiger partial charge in [0.1, 0.15) is 18.1 Å². The van der Waals surface area contributed by atoms with Crippen LogP contribution < -0.4 is 20.1 Å². The highest BCUT2D eigenvalue weighted by molar-refractivity contribution is 14.1. The topological polar surface area (TPSA) is 59.6 Å². The molecular formula is C22H19IN2O3S. The minimum absolute atomic E-state index is 0.191. The van der Waals surface area contributed by atoms with Crippen molar-refractivity contribution in [1.82, 2.24) is 5.32 Å². The van der Waals surface area contributed by atoms with Crippen molar-refractivity contribution in [3.05, 3.63) is 87.5 Å². The summed E-state index contributed by atoms with van der Waals surface area (Å²) in [4.78, 5) is 12.5. The molecule has 1 amide bonds. The number of carbonyl (C=O) groups excluding carboxylic acids is 1. The minimum atomic E-state index is -0.300. The second kappa shape index (κ2) is 10.2. The van der Waals surface area contributed by atoms with Gasteiger partial charge in [-0.15, -0.1) is 0 Å². The highest BCUT2D eigenvalue weighted by Gasteiger charge is 2.12. The Balaban J connectivity index is 1.63. The molecule has 29 heavy (non-hydrogen) atoms. The molecule has 0 saturated heterocycles. The number of amides is 1. The third-order valence-corrected chi connectivity index (χ3v) is 5.06. The van der Waals surface area contributed by atoms with Crippen LogP contribution in [0.2, 0.25) is 0 Å². The van der Waals surface area contributed by atoms with Crippen LogP contribution in [0.15, 0.2) is 72.8 Å². The Hall–Kier alpha value is -2.65. The number of para-hydroxylation sites is 2. The number of hydrogen-bond donors (Lipinski definition) is 2. The van der Waals surface area contributed by atoms with E-state index >= 15 is 0 Å². The first-order valence-corrected chi connectivity index (χ1v) is 10.3. The number of carbonyl (C=O) groups is 1. The first-order valence-electron chi connectivity index (χ1n) is 8.78. The third kappa shape index (κ3) is 5.91. The number of thiocarbonyl (C=S) groups is 1. The van der Waals surface area contributed by atoms with Crippen molar-refractivity contribution in [3.63, 3.8) is 0 Å². The molecule has 0 heterocycles. The lowest BCUT2D eigenvalue weighted by molar-refractivity contribution is 0.0977. The highest BCUT2D eigenvalue weighted by atomic mass is 127. The molecule has 148 valence electrons. The number of nitrogens with one attached hydrogen (secondary N) is 2. The molecule has 7 heteroatoms. The fraction of sp³-hybridized carbons (Fsp3) is 0.0909. The van der Waals surface area contributed by atoms with E-state index in [0.717, 1.165) is 9.13 Å². The van der Waals surface area contributed by atoms with Gasteiger partial charge in [0.05, 0.1) is 16.4 Å². The molecule has 3 rings (SSSR count). The summed E-state index contributed by atoms with van der Waals surface area (Å²) in [6.45, 7) is 0.433. The smallest absolute Gasteiger partial charge is 0.257 e. The summed E-state index contributed by atoms with van der Waals surface area (Å²) in [7, 11) is 1.59. The van der Waals surface area contributed by atoms with E-state index < -0.39 is 0 Å². The van der Waals surface area contributed by atoms with E-state index in [1.807, 2.05) is 54.6 Å². The van der Waals surface area contributed by atoms with Crippen molar-refractivity contribution in [2.24, 2.45) is 0 Å². The van der Waals surface area contributed by atoms with Gasteiger partial charge in [-0.1, -0.05) is 42.5 Å². The molecule has 0 spiro atoms. The summed E-state index contributed by atoms with van der Waals surface area (Å²) in [6.07, 6.45) is 0. The van der Waals surface area contributed by atoms with E-state index in [0.29, 0.717) is 29.4 Å². The van der Waals surface area contributed by atoms with Gasteiger partial charge in [0.2, 0.25) is 0 Å². The summed E-state index contributed by atoms with van der Waals surface area (Å²) in [5.74, 6) is 1.06. The third-order valence-electron chi connectivity index (χ3n) is 4.01. The molecule has 0 atom stereocenters. The van der Waals surface area contributed by atoms with E-state index in [1.54, 1.807) is 25.3 Å². The fourth-order valence-electron chi connectivity index (χ4n) is 2.57. The predicted octanol–water partition coefficient (Wildman–Crippen LogP) is 5.01. The number of anilines is 1. The molecule has 0 fully saturated rings. The summed E-state index contributed by atoms with van der Waals surface area (Å²) in [6, 6.07) is 22.5. The van der Waals surface area contributed by atoms with E-state index in [-0.39, 0.29) is 11.0 Å². The number of benzene rings is 3. The van der Waals surface area contributed by atoms with Crippen LogP contribution in [-0.4, -0.2) is 18.1 Å². The zero-order valence-corrected chi connectivity index (χ0v) is 18.6. The molecule has 0 aromatic heterocycles. The van der Waals surface area contributed by atoms with Crippen LogP contribution >= 0.6 is 34.8 Å². The van der Waals surface area contributed by atoms with E-state index in [2.05, 4.69) is 33.2 Å². The number of halogens is 1. The second-order valence-electron chi connectivity index (χ2n) is 6.03. The predicted molar refractivity (Wildman–Crippen MR) is 127 cm³/mol. The van der Waals surface area contributed by atoms with E-state index in [4.69, 9.17) is 21.7 Å². The molecule has 0 aliphatic heterocycles. The number of ether oxygens (including phenoxy) is 2. The maximum absolute atomic E-state index is 12.5. The van der Waals surface area contributed by atoms with Crippen LogP contribution in [0.5, 0.6) is 11.5 Å². The van der Waals surface area contributed by atoms with Gasteiger partial charge < -0.3 is 14.8 Å². The largest absolute Gasteiger partial charge is 0.496 e. The highest BCUT2D eigenvalue weighted by Crippen LogP contribution is 2.25. The van der Waals surface area contributed by atoms with Crippen molar-refractivity contribution in [2.75, 3.05) is 12.4 Å². The summed E-state index contributed by atoms with van der Waals surface area (Å²) < 4.78 is 12.0. The average molecular weight is 518 g/mol. The fourth-order valence-corrected chi connectivity index (χ4v) is 3.51. The SMILES string of the molecule is COc1ccc(C(=O)NC(=S)Nc2ccccc2OCc2ccccc2)cc1I. The number of rotatable bonds is 6. The summed E-state index contributed by atoms with van der Waals surface area (Å²) in [5.41, 5.74) is 2.23. The number of methoxy groups -OCH3 is 1. The van der Waals surface area contributed by atoms with Crippen molar-refractivity contribution in [1.29, 1.82) is 0 Å². The Morgan fingerprint density at radius 1 is 1.00 bits per heavy atom.